The Bertz CT molecular complexity index is 1040. The summed E-state index contributed by atoms with van der Waals surface area (Å²) in [5.74, 6) is 1.43. The molecule has 0 unspecified atom stereocenters. The monoisotopic (exact) mass is 439 g/mol. The Labute approximate surface area is 188 Å². The molecule has 3 rings (SSSR count). The first kappa shape index (κ1) is 22.6. The highest BCUT2D eigenvalue weighted by molar-refractivity contribution is 7.71. The van der Waals surface area contributed by atoms with Crippen molar-refractivity contribution in [2.24, 2.45) is 0 Å². The largest absolute Gasteiger partial charge is 0.494 e. The lowest BCUT2D eigenvalue weighted by Gasteiger charge is -2.21. The number of ether oxygens (including phenoxy) is 1. The van der Waals surface area contributed by atoms with Crippen molar-refractivity contribution >= 4 is 29.5 Å². The molecule has 1 amide bonds. The predicted octanol–water partition coefficient (Wildman–Crippen LogP) is 4.88. The molecule has 0 aliphatic carbocycles. The van der Waals surface area contributed by atoms with Crippen LogP contribution in [0.25, 0.3) is 11.4 Å². The number of nitrogens with one attached hydrogen (secondary N) is 2. The summed E-state index contributed by atoms with van der Waals surface area (Å²) >= 11 is 5.37. The van der Waals surface area contributed by atoms with E-state index in [1.807, 2.05) is 60.0 Å². The molecule has 0 fully saturated rings. The Morgan fingerprint density at radius 2 is 1.77 bits per heavy atom. The van der Waals surface area contributed by atoms with Gasteiger partial charge in [0.25, 0.3) is 0 Å². The van der Waals surface area contributed by atoms with Crippen molar-refractivity contribution in [3.63, 3.8) is 0 Å². The van der Waals surface area contributed by atoms with Crippen LogP contribution in [0.3, 0.4) is 0 Å². The molecule has 1 heterocycles. The van der Waals surface area contributed by atoms with Crippen LogP contribution in [0.15, 0.2) is 48.5 Å². The molecule has 0 bridgehead atoms. The fraction of sp³-hybridized carbons (Fsp3) is 0.348. The van der Waals surface area contributed by atoms with Crippen molar-refractivity contribution in [1.29, 1.82) is 0 Å². The summed E-state index contributed by atoms with van der Waals surface area (Å²) in [7, 11) is 0. The molecule has 2 N–H and O–H groups in total. The molecule has 3 aromatic rings. The van der Waals surface area contributed by atoms with Crippen LogP contribution in [0.2, 0.25) is 0 Å². The second kappa shape index (κ2) is 10.8. The minimum absolute atomic E-state index is 0.0728. The molecule has 8 heteroatoms. The maximum Gasteiger partial charge on any atom is 0.226 e. The van der Waals surface area contributed by atoms with Gasteiger partial charge >= 0.3 is 0 Å². The topological polar surface area (TPSA) is 75.2 Å². The number of carbonyl (C=O) groups is 1. The summed E-state index contributed by atoms with van der Waals surface area (Å²) in [5, 5.41) is 10.1. The van der Waals surface area contributed by atoms with Gasteiger partial charge in [-0.05, 0) is 81.5 Å². The number of H-pyrrole nitrogens is 1. The molecule has 31 heavy (non-hydrogen) atoms. The predicted molar refractivity (Wildman–Crippen MR) is 127 cm³/mol. The SMILES string of the molecule is CCOc1ccc(-c2n[nH]c(=S)n2CCC(=O)Nc2ccc(N(CC)CC)cc2)cc1. The van der Waals surface area contributed by atoms with E-state index < -0.39 is 0 Å². The third kappa shape index (κ3) is 5.73. The Morgan fingerprint density at radius 1 is 1.10 bits per heavy atom. The summed E-state index contributed by atoms with van der Waals surface area (Å²) in [4.78, 5) is 14.8. The zero-order valence-electron chi connectivity index (χ0n) is 18.2. The third-order valence-corrected chi connectivity index (χ3v) is 5.34. The van der Waals surface area contributed by atoms with Crippen molar-refractivity contribution in [2.75, 3.05) is 29.9 Å². The van der Waals surface area contributed by atoms with Gasteiger partial charge in [0.05, 0.1) is 6.61 Å². The summed E-state index contributed by atoms with van der Waals surface area (Å²) < 4.78 is 7.82. The van der Waals surface area contributed by atoms with Gasteiger partial charge in [-0.1, -0.05) is 0 Å². The van der Waals surface area contributed by atoms with Crippen LogP contribution in [0.4, 0.5) is 11.4 Å². The van der Waals surface area contributed by atoms with Crippen molar-refractivity contribution in [3.05, 3.63) is 53.3 Å². The highest BCUT2D eigenvalue weighted by Crippen LogP contribution is 2.22. The van der Waals surface area contributed by atoms with Crippen LogP contribution in [-0.4, -0.2) is 40.4 Å². The first-order valence-electron chi connectivity index (χ1n) is 10.6. The minimum Gasteiger partial charge on any atom is -0.494 e. The Morgan fingerprint density at radius 3 is 2.39 bits per heavy atom. The number of anilines is 2. The Hall–Kier alpha value is -3.13. The van der Waals surface area contributed by atoms with E-state index in [9.17, 15) is 4.79 Å². The fourth-order valence-corrected chi connectivity index (χ4v) is 3.62. The van der Waals surface area contributed by atoms with Crippen LogP contribution in [0, 0.1) is 4.77 Å². The van der Waals surface area contributed by atoms with E-state index in [4.69, 9.17) is 17.0 Å². The average molecular weight is 440 g/mol. The van der Waals surface area contributed by atoms with Crippen LogP contribution in [0.5, 0.6) is 5.75 Å². The standard InChI is InChI=1S/C23H29N5O2S/c1-4-27(5-2)19-11-9-18(10-12-19)24-21(29)15-16-28-22(25-26-23(28)31)17-7-13-20(14-8-17)30-6-3/h7-14H,4-6,15-16H2,1-3H3,(H,24,29)(H,26,31). The third-order valence-electron chi connectivity index (χ3n) is 5.02. The maximum absolute atomic E-state index is 12.5. The first-order valence-corrected chi connectivity index (χ1v) is 11.0. The molecule has 0 aliphatic heterocycles. The van der Waals surface area contributed by atoms with E-state index in [1.54, 1.807) is 0 Å². The van der Waals surface area contributed by atoms with E-state index in [0.717, 1.165) is 35.8 Å². The normalized spacial score (nSPS) is 10.7. The second-order valence-electron chi connectivity index (χ2n) is 6.98. The fourth-order valence-electron chi connectivity index (χ4n) is 3.39. The number of rotatable bonds is 10. The van der Waals surface area contributed by atoms with Crippen LogP contribution < -0.4 is 15.0 Å². The number of nitrogens with zero attached hydrogens (tertiary/aromatic N) is 3. The lowest BCUT2D eigenvalue weighted by molar-refractivity contribution is -0.116. The lowest BCUT2D eigenvalue weighted by Crippen LogP contribution is -2.21. The number of amides is 1. The van der Waals surface area contributed by atoms with Crippen molar-refractivity contribution in [1.82, 2.24) is 14.8 Å². The molecule has 2 aromatic carbocycles. The number of hydrogen-bond acceptors (Lipinski definition) is 5. The summed E-state index contributed by atoms with van der Waals surface area (Å²) in [6.07, 6.45) is 0.287. The number of aromatic amines is 1. The maximum atomic E-state index is 12.5. The highest BCUT2D eigenvalue weighted by Gasteiger charge is 2.11. The van der Waals surface area contributed by atoms with Gasteiger partial charge in [-0.25, -0.2) is 0 Å². The summed E-state index contributed by atoms with van der Waals surface area (Å²) in [6, 6.07) is 15.6. The van der Waals surface area contributed by atoms with Gasteiger partial charge in [-0.3, -0.25) is 14.5 Å². The molecule has 0 saturated heterocycles. The van der Waals surface area contributed by atoms with Gasteiger partial charge < -0.3 is 15.0 Å². The second-order valence-corrected chi connectivity index (χ2v) is 7.37. The number of aromatic nitrogens is 3. The molecule has 0 aliphatic rings. The van der Waals surface area contributed by atoms with Crippen LogP contribution >= 0.6 is 12.2 Å². The molecular weight excluding hydrogens is 410 g/mol. The van der Waals surface area contributed by atoms with E-state index in [1.165, 1.54) is 0 Å². The van der Waals surface area contributed by atoms with Crippen molar-refractivity contribution in [2.45, 2.75) is 33.7 Å². The van der Waals surface area contributed by atoms with Crippen LogP contribution in [0.1, 0.15) is 27.2 Å². The first-order chi connectivity index (χ1) is 15.0. The van der Waals surface area contributed by atoms with Gasteiger partial charge in [0.15, 0.2) is 10.6 Å². The van der Waals surface area contributed by atoms with Gasteiger partial charge in [-0.15, -0.1) is 0 Å². The van der Waals surface area contributed by atoms with Crippen molar-refractivity contribution < 1.29 is 9.53 Å². The van der Waals surface area contributed by atoms with E-state index >= 15 is 0 Å². The molecule has 0 atom stereocenters. The number of benzene rings is 2. The van der Waals surface area contributed by atoms with Gasteiger partial charge in [-0.2, -0.15) is 5.10 Å². The zero-order chi connectivity index (χ0) is 22.2. The zero-order valence-corrected chi connectivity index (χ0v) is 19.0. The molecule has 164 valence electrons. The molecule has 0 saturated carbocycles. The minimum atomic E-state index is -0.0728. The molecular formula is C23H29N5O2S. The molecule has 0 spiro atoms. The van der Waals surface area contributed by atoms with Gasteiger partial charge in [0, 0.05) is 43.0 Å². The van der Waals surface area contributed by atoms with E-state index in [0.29, 0.717) is 23.7 Å². The molecule has 1 aromatic heterocycles. The smallest absolute Gasteiger partial charge is 0.226 e. The summed E-state index contributed by atoms with van der Waals surface area (Å²) in [5.41, 5.74) is 2.83. The Kier molecular flexibility index (Phi) is 7.83. The van der Waals surface area contributed by atoms with Crippen molar-refractivity contribution in [3.8, 4) is 17.1 Å². The summed E-state index contributed by atoms with van der Waals surface area (Å²) in [6.45, 7) is 9.15. The highest BCUT2D eigenvalue weighted by atomic mass is 32.1. The van der Waals surface area contributed by atoms with Gasteiger partial charge in [0.2, 0.25) is 5.91 Å². The lowest BCUT2D eigenvalue weighted by atomic mass is 10.2. The molecule has 0 radical (unpaired) electrons. The van der Waals surface area contributed by atoms with Crippen LogP contribution in [-0.2, 0) is 11.3 Å². The van der Waals surface area contributed by atoms with E-state index in [-0.39, 0.29) is 12.3 Å². The quantitative estimate of drug-likeness (QED) is 0.440. The average Bonchev–Trinajstić information content (AvgIpc) is 3.15. The van der Waals surface area contributed by atoms with Gasteiger partial charge in [0.1, 0.15) is 5.75 Å². The van der Waals surface area contributed by atoms with E-state index in [2.05, 4.69) is 34.3 Å². The number of carbonyl (C=O) groups excluding carboxylic acids is 1. The number of hydrogen-bond donors (Lipinski definition) is 2. The molecule has 7 nitrogen and oxygen atoms in total. The Balaban J connectivity index is 1.63.